The molecule has 1 atom stereocenters. The van der Waals surface area contributed by atoms with Crippen molar-refractivity contribution in [2.75, 3.05) is 31.2 Å². The number of benzene rings is 1. The van der Waals surface area contributed by atoms with Crippen LogP contribution in [0.2, 0.25) is 0 Å². The van der Waals surface area contributed by atoms with Crippen molar-refractivity contribution in [2.45, 2.75) is 30.9 Å². The molecule has 5 heteroatoms. The summed E-state index contributed by atoms with van der Waals surface area (Å²) in [5.41, 5.74) is 5.66. The zero-order chi connectivity index (χ0) is 13.8. The summed E-state index contributed by atoms with van der Waals surface area (Å²) < 4.78 is 19.1. The smallest absolute Gasteiger partial charge is 0.147 e. The fourth-order valence-corrected chi connectivity index (χ4v) is 3.03. The number of hydrogen-bond acceptors (Lipinski definition) is 4. The van der Waals surface area contributed by atoms with Gasteiger partial charge in [-0.15, -0.1) is 11.8 Å². The van der Waals surface area contributed by atoms with Crippen molar-refractivity contribution in [2.24, 2.45) is 0 Å². The molecule has 1 unspecified atom stereocenters. The highest BCUT2D eigenvalue weighted by atomic mass is 32.2. The lowest BCUT2D eigenvalue weighted by Gasteiger charge is -2.35. The van der Waals surface area contributed by atoms with Crippen LogP contribution in [-0.2, 0) is 4.74 Å². The molecule has 0 aliphatic carbocycles. The van der Waals surface area contributed by atoms with Crippen molar-refractivity contribution in [1.29, 1.82) is 0 Å². The van der Waals surface area contributed by atoms with Crippen LogP contribution in [0.25, 0.3) is 0 Å². The minimum atomic E-state index is -0.349. The van der Waals surface area contributed by atoms with Crippen LogP contribution in [0.4, 0.5) is 10.1 Å². The Labute approximate surface area is 118 Å². The molecule has 106 valence electrons. The van der Waals surface area contributed by atoms with Crippen molar-refractivity contribution in [1.82, 2.24) is 4.90 Å². The van der Waals surface area contributed by atoms with Crippen LogP contribution in [0.15, 0.2) is 23.1 Å². The predicted molar refractivity (Wildman–Crippen MR) is 78.0 cm³/mol. The molecule has 0 amide bonds. The SMILES string of the molecule is CC(C)N1CCOC(CSc2ccc(N)c(F)c2)C1. The summed E-state index contributed by atoms with van der Waals surface area (Å²) in [6.07, 6.45) is 0.210. The normalized spacial score (nSPS) is 20.9. The van der Waals surface area contributed by atoms with E-state index in [0.29, 0.717) is 6.04 Å². The molecule has 3 nitrogen and oxygen atoms in total. The molecule has 2 N–H and O–H groups in total. The minimum absolute atomic E-state index is 0.198. The van der Waals surface area contributed by atoms with Crippen LogP contribution in [-0.4, -0.2) is 42.5 Å². The number of thioether (sulfide) groups is 1. The standard InChI is InChI=1S/C14H21FN2OS/c1-10(2)17-5-6-18-11(8-17)9-19-12-3-4-14(16)13(15)7-12/h3-4,7,10-11H,5-6,8-9,16H2,1-2H3. The molecule has 19 heavy (non-hydrogen) atoms. The molecule has 0 aromatic heterocycles. The van der Waals surface area contributed by atoms with E-state index in [1.807, 2.05) is 6.07 Å². The largest absolute Gasteiger partial charge is 0.396 e. The fourth-order valence-electron chi connectivity index (χ4n) is 2.10. The first kappa shape index (κ1) is 14.6. The van der Waals surface area contributed by atoms with Gasteiger partial charge in [-0.25, -0.2) is 4.39 Å². The Hall–Kier alpha value is -0.780. The molecule has 1 saturated heterocycles. The summed E-state index contributed by atoms with van der Waals surface area (Å²) in [4.78, 5) is 3.31. The molecule has 0 radical (unpaired) electrons. The maximum Gasteiger partial charge on any atom is 0.147 e. The Morgan fingerprint density at radius 2 is 2.32 bits per heavy atom. The van der Waals surface area contributed by atoms with Crippen molar-refractivity contribution in [3.8, 4) is 0 Å². The van der Waals surface area contributed by atoms with E-state index in [-0.39, 0.29) is 17.6 Å². The van der Waals surface area contributed by atoms with E-state index in [1.165, 1.54) is 6.07 Å². The first-order valence-electron chi connectivity index (χ1n) is 6.59. The van der Waals surface area contributed by atoms with E-state index >= 15 is 0 Å². The lowest BCUT2D eigenvalue weighted by atomic mass is 10.2. The third kappa shape index (κ3) is 4.09. The molecule has 1 aromatic rings. The van der Waals surface area contributed by atoms with Crippen molar-refractivity contribution in [3.05, 3.63) is 24.0 Å². The summed E-state index contributed by atoms with van der Waals surface area (Å²) >= 11 is 1.62. The molecule has 1 fully saturated rings. The molecular weight excluding hydrogens is 263 g/mol. The van der Waals surface area contributed by atoms with Gasteiger partial charge >= 0.3 is 0 Å². The van der Waals surface area contributed by atoms with Crippen LogP contribution in [0.5, 0.6) is 0 Å². The Morgan fingerprint density at radius 3 is 3.00 bits per heavy atom. The third-order valence-corrected chi connectivity index (χ3v) is 4.43. The Bertz CT molecular complexity index is 428. The molecule has 1 heterocycles. The van der Waals surface area contributed by atoms with Crippen LogP contribution >= 0.6 is 11.8 Å². The lowest BCUT2D eigenvalue weighted by Crippen LogP contribution is -2.46. The molecule has 1 aromatic carbocycles. The molecule has 1 aliphatic heterocycles. The number of morpholine rings is 1. The van der Waals surface area contributed by atoms with Crippen molar-refractivity contribution in [3.63, 3.8) is 0 Å². The number of anilines is 1. The van der Waals surface area contributed by atoms with Crippen molar-refractivity contribution < 1.29 is 9.13 Å². The van der Waals surface area contributed by atoms with E-state index in [1.54, 1.807) is 17.8 Å². The van der Waals surface area contributed by atoms with Gasteiger partial charge in [0.1, 0.15) is 5.82 Å². The number of nitrogens with zero attached hydrogens (tertiary/aromatic N) is 1. The predicted octanol–water partition coefficient (Wildman–Crippen LogP) is 2.61. The van der Waals surface area contributed by atoms with E-state index in [0.717, 1.165) is 30.3 Å². The second kappa shape index (κ2) is 6.59. The number of hydrogen-bond donors (Lipinski definition) is 1. The van der Waals surface area contributed by atoms with Crippen molar-refractivity contribution >= 4 is 17.4 Å². The second-order valence-corrected chi connectivity index (χ2v) is 6.17. The van der Waals surface area contributed by atoms with Gasteiger partial charge in [0.15, 0.2) is 0 Å². The second-order valence-electron chi connectivity index (χ2n) is 5.08. The van der Waals surface area contributed by atoms with Crippen LogP contribution in [0.3, 0.4) is 0 Å². The zero-order valence-corrected chi connectivity index (χ0v) is 12.3. The monoisotopic (exact) mass is 284 g/mol. The Kier molecular flexibility index (Phi) is 5.07. The van der Waals surface area contributed by atoms with Gasteiger partial charge in [-0.1, -0.05) is 0 Å². The third-order valence-electron chi connectivity index (χ3n) is 3.31. The summed E-state index contributed by atoms with van der Waals surface area (Å²) in [6, 6.07) is 5.50. The van der Waals surface area contributed by atoms with Crippen LogP contribution < -0.4 is 5.73 Å². The van der Waals surface area contributed by atoms with E-state index in [2.05, 4.69) is 18.7 Å². The van der Waals surface area contributed by atoms with Gasteiger partial charge in [-0.3, -0.25) is 4.90 Å². The van der Waals surface area contributed by atoms with Crippen LogP contribution in [0.1, 0.15) is 13.8 Å². The molecular formula is C14H21FN2OS. The number of nitrogens with two attached hydrogens (primary N) is 1. The van der Waals surface area contributed by atoms with Crippen LogP contribution in [0, 0.1) is 5.82 Å². The number of ether oxygens (including phenoxy) is 1. The average molecular weight is 284 g/mol. The maximum absolute atomic E-state index is 13.3. The van der Waals surface area contributed by atoms with Gasteiger partial charge < -0.3 is 10.5 Å². The average Bonchev–Trinajstić information content (AvgIpc) is 2.40. The summed E-state index contributed by atoms with van der Waals surface area (Å²) in [6.45, 7) is 7.12. The summed E-state index contributed by atoms with van der Waals surface area (Å²) in [5, 5.41) is 0. The van der Waals surface area contributed by atoms with Gasteiger partial charge in [0.2, 0.25) is 0 Å². The number of rotatable bonds is 4. The number of nitrogen functional groups attached to an aromatic ring is 1. The lowest BCUT2D eigenvalue weighted by molar-refractivity contribution is -0.0265. The highest BCUT2D eigenvalue weighted by Gasteiger charge is 2.22. The molecule has 0 spiro atoms. The van der Waals surface area contributed by atoms with Gasteiger partial charge in [0.25, 0.3) is 0 Å². The topological polar surface area (TPSA) is 38.5 Å². The van der Waals surface area contributed by atoms with Gasteiger partial charge in [-0.05, 0) is 32.0 Å². The molecule has 0 saturated carbocycles. The molecule has 0 bridgehead atoms. The highest BCUT2D eigenvalue weighted by Crippen LogP contribution is 2.24. The quantitative estimate of drug-likeness (QED) is 0.681. The summed E-state index contributed by atoms with van der Waals surface area (Å²) in [5.74, 6) is 0.491. The van der Waals surface area contributed by atoms with E-state index in [4.69, 9.17) is 10.5 Å². The molecule has 1 aliphatic rings. The van der Waals surface area contributed by atoms with E-state index < -0.39 is 0 Å². The fraction of sp³-hybridized carbons (Fsp3) is 0.571. The number of halogens is 1. The zero-order valence-electron chi connectivity index (χ0n) is 11.4. The van der Waals surface area contributed by atoms with Gasteiger partial charge in [-0.2, -0.15) is 0 Å². The Balaban J connectivity index is 1.86. The Morgan fingerprint density at radius 1 is 1.53 bits per heavy atom. The first-order chi connectivity index (χ1) is 9.06. The molecule has 2 rings (SSSR count). The van der Waals surface area contributed by atoms with Gasteiger partial charge in [0, 0.05) is 29.8 Å². The first-order valence-corrected chi connectivity index (χ1v) is 7.58. The van der Waals surface area contributed by atoms with E-state index in [9.17, 15) is 4.39 Å². The summed E-state index contributed by atoms with van der Waals surface area (Å²) in [7, 11) is 0. The van der Waals surface area contributed by atoms with Gasteiger partial charge in [0.05, 0.1) is 18.4 Å². The minimum Gasteiger partial charge on any atom is -0.396 e. The highest BCUT2D eigenvalue weighted by molar-refractivity contribution is 7.99. The maximum atomic E-state index is 13.3.